The van der Waals surface area contributed by atoms with Gasteiger partial charge in [-0.2, -0.15) is 0 Å². The average molecular weight is 308 g/mol. The molecule has 1 N–H and O–H groups in total. The van der Waals surface area contributed by atoms with Crippen molar-refractivity contribution in [1.82, 2.24) is 9.97 Å². The summed E-state index contributed by atoms with van der Waals surface area (Å²) in [7, 11) is 0. The van der Waals surface area contributed by atoms with Crippen LogP contribution < -0.4 is 0 Å². The summed E-state index contributed by atoms with van der Waals surface area (Å²) in [6.07, 6.45) is 4.36. The molecule has 2 nitrogen and oxygen atoms in total. The van der Waals surface area contributed by atoms with Crippen molar-refractivity contribution in [2.24, 2.45) is 0 Å². The smallest absolute Gasteiger partial charge is 0.138 e. The third-order valence-corrected chi connectivity index (χ3v) is 4.49. The van der Waals surface area contributed by atoms with Gasteiger partial charge in [-0.15, -0.1) is 0 Å². The van der Waals surface area contributed by atoms with Crippen molar-refractivity contribution in [3.8, 4) is 22.5 Å². The normalized spacial score (nSPS) is 11.6. The molecule has 0 fully saturated rings. The molecule has 0 saturated carbocycles. The Kier molecular flexibility index (Phi) is 4.28. The largest absolute Gasteiger partial charge is 0.345 e. The van der Waals surface area contributed by atoms with E-state index in [9.17, 15) is 0 Å². The average Bonchev–Trinajstić information content (AvgIpc) is 3.15. The second-order valence-electron chi connectivity index (χ2n) is 5.70. The molecule has 118 valence electrons. The topological polar surface area (TPSA) is 28.7 Å². The fourth-order valence-corrected chi connectivity index (χ4v) is 3.07. The van der Waals surface area contributed by atoms with Crippen molar-refractivity contribution in [1.29, 1.82) is 0 Å². The molecule has 0 bridgehead atoms. The van der Waals surface area contributed by atoms with Gasteiger partial charge < -0.3 is 4.98 Å². The zero-order chi connectivity index (χ0) is 16.3. The quantitative estimate of drug-likeness (QED) is 0.640. The molecule has 3 aromatic rings. The number of nitrogens with zero attached hydrogens (tertiary/aromatic N) is 1. The van der Waals surface area contributed by atoms with Crippen molar-refractivity contribution in [3.63, 3.8) is 0 Å². The number of rotatable bonds is 5. The Morgan fingerprint density at radius 3 is 2.35 bits per heavy atom. The molecule has 1 heterocycles. The molecule has 0 saturated heterocycles. The SMILES string of the molecule is CCC(F)(CC)c1cccc(-c2ccccc2)c1-c1ncc[nH]1. The summed E-state index contributed by atoms with van der Waals surface area (Å²) in [5.41, 5.74) is 2.28. The summed E-state index contributed by atoms with van der Waals surface area (Å²) >= 11 is 0. The lowest BCUT2D eigenvalue weighted by molar-refractivity contribution is 0.152. The van der Waals surface area contributed by atoms with Crippen LogP contribution in [-0.4, -0.2) is 9.97 Å². The minimum Gasteiger partial charge on any atom is -0.345 e. The molecule has 0 atom stereocenters. The number of nitrogens with one attached hydrogen (secondary N) is 1. The van der Waals surface area contributed by atoms with Crippen LogP contribution in [-0.2, 0) is 5.67 Å². The molecule has 0 spiro atoms. The lowest BCUT2D eigenvalue weighted by Crippen LogP contribution is -2.19. The van der Waals surface area contributed by atoms with Gasteiger partial charge in [0.05, 0.1) is 0 Å². The third kappa shape index (κ3) is 2.79. The summed E-state index contributed by atoms with van der Waals surface area (Å²) in [5, 5.41) is 0. The van der Waals surface area contributed by atoms with Crippen LogP contribution >= 0.6 is 0 Å². The van der Waals surface area contributed by atoms with Crippen molar-refractivity contribution < 1.29 is 4.39 Å². The number of H-pyrrole nitrogens is 1. The van der Waals surface area contributed by atoms with E-state index in [1.165, 1.54) is 0 Å². The minimum absolute atomic E-state index is 0.440. The van der Waals surface area contributed by atoms with E-state index >= 15 is 4.39 Å². The Labute approximate surface area is 136 Å². The van der Waals surface area contributed by atoms with E-state index in [0.717, 1.165) is 16.7 Å². The van der Waals surface area contributed by atoms with Crippen molar-refractivity contribution in [3.05, 3.63) is 66.5 Å². The van der Waals surface area contributed by atoms with Gasteiger partial charge in [0, 0.05) is 23.5 Å². The molecule has 0 aliphatic carbocycles. The van der Waals surface area contributed by atoms with Gasteiger partial charge in [-0.3, -0.25) is 0 Å². The zero-order valence-corrected chi connectivity index (χ0v) is 13.5. The molecule has 0 aliphatic rings. The van der Waals surface area contributed by atoms with Gasteiger partial charge in [-0.1, -0.05) is 62.4 Å². The van der Waals surface area contributed by atoms with Crippen molar-refractivity contribution >= 4 is 0 Å². The van der Waals surface area contributed by atoms with Gasteiger partial charge in [0.15, 0.2) is 0 Å². The molecule has 23 heavy (non-hydrogen) atoms. The van der Waals surface area contributed by atoms with Crippen LogP contribution in [0.2, 0.25) is 0 Å². The number of aromatic nitrogens is 2. The first-order valence-electron chi connectivity index (χ1n) is 8.07. The number of halogens is 1. The number of imidazole rings is 1. The Hall–Kier alpha value is -2.42. The molecular weight excluding hydrogens is 287 g/mol. The molecule has 0 unspecified atom stereocenters. The maximum absolute atomic E-state index is 15.5. The fourth-order valence-electron chi connectivity index (χ4n) is 3.07. The van der Waals surface area contributed by atoms with Gasteiger partial charge in [0.2, 0.25) is 0 Å². The van der Waals surface area contributed by atoms with Gasteiger partial charge >= 0.3 is 0 Å². The second-order valence-corrected chi connectivity index (χ2v) is 5.70. The first-order chi connectivity index (χ1) is 11.2. The molecule has 1 aromatic heterocycles. The molecule has 0 aliphatic heterocycles. The summed E-state index contributed by atoms with van der Waals surface area (Å²) in [6, 6.07) is 15.9. The van der Waals surface area contributed by atoms with Crippen molar-refractivity contribution in [2.75, 3.05) is 0 Å². The predicted octanol–water partition coefficient (Wildman–Crippen LogP) is 5.73. The van der Waals surface area contributed by atoms with Gasteiger partial charge in [-0.25, -0.2) is 9.37 Å². The van der Waals surface area contributed by atoms with Crippen LogP contribution in [0.3, 0.4) is 0 Å². The van der Waals surface area contributed by atoms with Crippen molar-refractivity contribution in [2.45, 2.75) is 32.4 Å². The van der Waals surface area contributed by atoms with E-state index in [-0.39, 0.29) is 0 Å². The van der Waals surface area contributed by atoms with E-state index < -0.39 is 5.67 Å². The van der Waals surface area contributed by atoms with Gasteiger partial charge in [0.1, 0.15) is 11.5 Å². The number of benzene rings is 2. The van der Waals surface area contributed by atoms with Crippen LogP contribution in [0.1, 0.15) is 32.3 Å². The highest BCUT2D eigenvalue weighted by Gasteiger charge is 2.32. The van der Waals surface area contributed by atoms with Gasteiger partial charge in [0.25, 0.3) is 0 Å². The van der Waals surface area contributed by atoms with Crippen LogP contribution in [0.15, 0.2) is 60.9 Å². The standard InChI is InChI=1S/C20H21FN2/c1-3-20(21,4-2)17-12-8-11-16(15-9-6-5-7-10-15)18(17)19-22-13-14-23-19/h5-14H,3-4H2,1-2H3,(H,22,23). The second kappa shape index (κ2) is 6.37. The van der Waals surface area contributed by atoms with E-state index in [0.29, 0.717) is 24.2 Å². The number of hydrogen-bond donors (Lipinski definition) is 1. The molecular formula is C20H21FN2. The summed E-state index contributed by atoms with van der Waals surface area (Å²) in [4.78, 5) is 7.54. The summed E-state index contributed by atoms with van der Waals surface area (Å²) in [6.45, 7) is 3.79. The summed E-state index contributed by atoms with van der Waals surface area (Å²) in [5.74, 6) is 0.711. The minimum atomic E-state index is -1.35. The van der Waals surface area contributed by atoms with Crippen LogP contribution in [0.25, 0.3) is 22.5 Å². The fraction of sp³-hybridized carbons (Fsp3) is 0.250. The summed E-state index contributed by atoms with van der Waals surface area (Å²) < 4.78 is 15.5. The maximum Gasteiger partial charge on any atom is 0.138 e. The molecule has 2 aromatic carbocycles. The van der Waals surface area contributed by atoms with Crippen LogP contribution in [0, 0.1) is 0 Å². The highest BCUT2D eigenvalue weighted by molar-refractivity contribution is 5.83. The first kappa shape index (κ1) is 15.5. The van der Waals surface area contributed by atoms with Crippen LogP contribution in [0.4, 0.5) is 4.39 Å². The Bertz CT molecular complexity index is 760. The van der Waals surface area contributed by atoms with E-state index in [1.54, 1.807) is 12.4 Å². The lowest BCUT2D eigenvalue weighted by atomic mass is 9.83. The van der Waals surface area contributed by atoms with Gasteiger partial charge in [-0.05, 0) is 24.0 Å². The Balaban J connectivity index is 2.30. The molecule has 0 radical (unpaired) electrons. The monoisotopic (exact) mass is 308 g/mol. The van der Waals surface area contributed by atoms with E-state index in [1.807, 2.05) is 62.4 Å². The maximum atomic E-state index is 15.5. The number of aromatic amines is 1. The molecule has 3 rings (SSSR count). The van der Waals surface area contributed by atoms with E-state index in [2.05, 4.69) is 9.97 Å². The Morgan fingerprint density at radius 1 is 1.00 bits per heavy atom. The number of hydrogen-bond acceptors (Lipinski definition) is 1. The van der Waals surface area contributed by atoms with Crippen LogP contribution in [0.5, 0.6) is 0 Å². The van der Waals surface area contributed by atoms with E-state index in [4.69, 9.17) is 0 Å². The lowest BCUT2D eigenvalue weighted by Gasteiger charge is -2.26. The third-order valence-electron chi connectivity index (χ3n) is 4.49. The molecule has 0 amide bonds. The molecule has 3 heteroatoms. The number of alkyl halides is 1. The first-order valence-corrected chi connectivity index (χ1v) is 8.07. The highest BCUT2D eigenvalue weighted by Crippen LogP contribution is 2.42. The zero-order valence-electron chi connectivity index (χ0n) is 13.5. The predicted molar refractivity (Wildman–Crippen MR) is 92.8 cm³/mol. The Morgan fingerprint density at radius 2 is 1.74 bits per heavy atom. The highest BCUT2D eigenvalue weighted by atomic mass is 19.1.